The summed E-state index contributed by atoms with van der Waals surface area (Å²) in [6, 6.07) is 6.55. The van der Waals surface area contributed by atoms with E-state index in [0.29, 0.717) is 22.4 Å². The molecular formula is C13H12F2N6. The molecule has 0 aliphatic carbocycles. The van der Waals surface area contributed by atoms with Gasteiger partial charge in [-0.1, -0.05) is 0 Å². The summed E-state index contributed by atoms with van der Waals surface area (Å²) in [4.78, 5) is 12.1. The number of aromatic nitrogens is 4. The lowest BCUT2D eigenvalue weighted by molar-refractivity contribution is 0.137. The van der Waals surface area contributed by atoms with Crippen LogP contribution in [-0.4, -0.2) is 19.5 Å². The van der Waals surface area contributed by atoms with Crippen molar-refractivity contribution in [3.05, 3.63) is 30.1 Å². The fourth-order valence-corrected chi connectivity index (χ4v) is 2.16. The average Bonchev–Trinajstić information content (AvgIpc) is 2.75. The molecule has 0 atom stereocenters. The van der Waals surface area contributed by atoms with Crippen molar-refractivity contribution in [2.45, 2.75) is 6.43 Å². The van der Waals surface area contributed by atoms with Crippen LogP contribution in [0.25, 0.3) is 22.4 Å². The Morgan fingerprint density at radius 3 is 2.33 bits per heavy atom. The molecule has 3 aromatic rings. The molecule has 3 heterocycles. The van der Waals surface area contributed by atoms with Crippen LogP contribution in [0, 0.1) is 0 Å². The van der Waals surface area contributed by atoms with Crippen LogP contribution in [0.1, 0.15) is 12.2 Å². The first-order chi connectivity index (χ1) is 9.95. The maximum absolute atomic E-state index is 12.8. The molecule has 0 spiro atoms. The second kappa shape index (κ2) is 4.65. The number of nitrogens with two attached hydrogens (primary N) is 2. The second-order valence-electron chi connectivity index (χ2n) is 4.57. The minimum absolute atomic E-state index is 0.269. The first-order valence-corrected chi connectivity index (χ1v) is 6.10. The van der Waals surface area contributed by atoms with Gasteiger partial charge in [0.05, 0.1) is 5.69 Å². The van der Waals surface area contributed by atoms with Crippen molar-refractivity contribution >= 4 is 22.8 Å². The normalized spacial score (nSPS) is 11.4. The molecule has 0 bridgehead atoms. The van der Waals surface area contributed by atoms with Crippen molar-refractivity contribution in [2.75, 3.05) is 11.5 Å². The fraction of sp³-hybridized carbons (Fsp3) is 0.154. The van der Waals surface area contributed by atoms with E-state index in [4.69, 9.17) is 11.5 Å². The third-order valence-electron chi connectivity index (χ3n) is 3.11. The zero-order chi connectivity index (χ0) is 15.1. The van der Waals surface area contributed by atoms with Gasteiger partial charge in [0.25, 0.3) is 6.43 Å². The van der Waals surface area contributed by atoms with Gasteiger partial charge < -0.3 is 16.0 Å². The molecule has 0 fully saturated rings. The van der Waals surface area contributed by atoms with Crippen LogP contribution < -0.4 is 11.5 Å². The molecule has 21 heavy (non-hydrogen) atoms. The lowest BCUT2D eigenvalue weighted by atomic mass is 10.1. The van der Waals surface area contributed by atoms with Crippen LogP contribution in [0.15, 0.2) is 24.3 Å². The molecule has 0 amide bonds. The van der Waals surface area contributed by atoms with E-state index < -0.39 is 6.43 Å². The minimum Gasteiger partial charge on any atom is -0.384 e. The summed E-state index contributed by atoms with van der Waals surface area (Å²) < 4.78 is 27.0. The Morgan fingerprint density at radius 2 is 1.71 bits per heavy atom. The molecule has 4 N–H and O–H groups in total. The molecule has 0 aliphatic heterocycles. The number of nitrogens with zero attached hydrogens (tertiary/aromatic N) is 4. The Bertz CT molecular complexity index is 807. The largest absolute Gasteiger partial charge is 0.384 e. The summed E-state index contributed by atoms with van der Waals surface area (Å²) >= 11 is 0. The number of aryl methyl sites for hydroxylation is 1. The van der Waals surface area contributed by atoms with Gasteiger partial charge in [-0.25, -0.2) is 23.7 Å². The van der Waals surface area contributed by atoms with Gasteiger partial charge in [0.1, 0.15) is 17.2 Å². The molecule has 0 radical (unpaired) electrons. The zero-order valence-corrected chi connectivity index (χ0v) is 11.1. The van der Waals surface area contributed by atoms with Crippen molar-refractivity contribution in [1.29, 1.82) is 0 Å². The van der Waals surface area contributed by atoms with E-state index in [-0.39, 0.29) is 17.5 Å². The summed E-state index contributed by atoms with van der Waals surface area (Å²) in [6.07, 6.45) is -2.65. The van der Waals surface area contributed by atoms with Crippen molar-refractivity contribution < 1.29 is 8.78 Å². The van der Waals surface area contributed by atoms with Gasteiger partial charge in [-0.05, 0) is 24.3 Å². The number of rotatable bonds is 2. The smallest absolute Gasteiger partial charge is 0.295 e. The Kier molecular flexibility index (Phi) is 2.93. The zero-order valence-electron chi connectivity index (χ0n) is 11.1. The fourth-order valence-electron chi connectivity index (χ4n) is 2.16. The topological polar surface area (TPSA) is 95.6 Å². The molecule has 0 unspecified atom stereocenters. The van der Waals surface area contributed by atoms with Gasteiger partial charge in [-0.3, -0.25) is 0 Å². The number of halogens is 2. The summed E-state index contributed by atoms with van der Waals surface area (Å²) in [6.45, 7) is 0. The van der Waals surface area contributed by atoms with Crippen LogP contribution in [-0.2, 0) is 7.05 Å². The molecule has 8 heteroatoms. The Balaban J connectivity index is 2.18. The quantitative estimate of drug-likeness (QED) is 0.753. The first-order valence-electron chi connectivity index (χ1n) is 6.10. The van der Waals surface area contributed by atoms with Crippen molar-refractivity contribution in [3.8, 4) is 11.3 Å². The van der Waals surface area contributed by atoms with E-state index in [1.54, 1.807) is 24.3 Å². The van der Waals surface area contributed by atoms with Crippen LogP contribution in [0.5, 0.6) is 0 Å². The van der Waals surface area contributed by atoms with Crippen molar-refractivity contribution in [2.24, 2.45) is 7.05 Å². The molecular weight excluding hydrogens is 278 g/mol. The first kappa shape index (κ1) is 13.2. The van der Waals surface area contributed by atoms with Crippen molar-refractivity contribution in [3.63, 3.8) is 0 Å². The molecule has 0 saturated heterocycles. The molecule has 0 saturated carbocycles. The van der Waals surface area contributed by atoms with Gasteiger partial charge >= 0.3 is 0 Å². The van der Waals surface area contributed by atoms with E-state index in [1.165, 1.54) is 11.6 Å². The maximum Gasteiger partial charge on any atom is 0.295 e. The van der Waals surface area contributed by atoms with E-state index in [0.717, 1.165) is 0 Å². The highest BCUT2D eigenvalue weighted by molar-refractivity contribution is 5.77. The van der Waals surface area contributed by atoms with Crippen LogP contribution in [0.4, 0.5) is 20.4 Å². The molecule has 3 aromatic heterocycles. The lowest BCUT2D eigenvalue weighted by Gasteiger charge is -2.04. The predicted octanol–water partition coefficient (Wildman–Crippen LogP) is 2.13. The molecule has 108 valence electrons. The highest BCUT2D eigenvalue weighted by atomic mass is 19.3. The molecule has 6 nitrogen and oxygen atoms in total. The number of imidazole rings is 1. The number of pyridine rings is 2. The molecule has 0 aromatic carbocycles. The lowest BCUT2D eigenvalue weighted by Crippen LogP contribution is -1.99. The third-order valence-corrected chi connectivity index (χ3v) is 3.11. The third kappa shape index (κ3) is 2.24. The molecule has 3 rings (SSSR count). The van der Waals surface area contributed by atoms with E-state index in [9.17, 15) is 8.78 Å². The summed E-state index contributed by atoms with van der Waals surface area (Å²) in [5.41, 5.74) is 13.3. The number of hydrogen-bond donors (Lipinski definition) is 2. The minimum atomic E-state index is -2.65. The summed E-state index contributed by atoms with van der Waals surface area (Å²) in [5, 5.41) is 0. The Hall–Kier alpha value is -2.77. The van der Waals surface area contributed by atoms with Crippen molar-refractivity contribution in [1.82, 2.24) is 19.5 Å². The predicted molar refractivity (Wildman–Crippen MR) is 75.5 cm³/mol. The van der Waals surface area contributed by atoms with Gasteiger partial charge in [0.15, 0.2) is 11.5 Å². The second-order valence-corrected chi connectivity index (χ2v) is 4.57. The van der Waals surface area contributed by atoms with E-state index in [2.05, 4.69) is 15.0 Å². The summed E-state index contributed by atoms with van der Waals surface area (Å²) in [5.74, 6) is 0.221. The van der Waals surface area contributed by atoms with Gasteiger partial charge in [0.2, 0.25) is 0 Å². The monoisotopic (exact) mass is 290 g/mol. The average molecular weight is 290 g/mol. The highest BCUT2D eigenvalue weighted by Crippen LogP contribution is 2.26. The van der Waals surface area contributed by atoms with Gasteiger partial charge in [-0.2, -0.15) is 0 Å². The number of nitrogen functional groups attached to an aromatic ring is 2. The maximum atomic E-state index is 12.8. The Labute approximate surface area is 118 Å². The van der Waals surface area contributed by atoms with Crippen LogP contribution in [0.3, 0.4) is 0 Å². The van der Waals surface area contributed by atoms with Crippen LogP contribution in [0.2, 0.25) is 0 Å². The number of anilines is 2. The van der Waals surface area contributed by atoms with E-state index in [1.807, 2.05) is 0 Å². The molecule has 0 aliphatic rings. The Morgan fingerprint density at radius 1 is 1.05 bits per heavy atom. The SMILES string of the molecule is Cn1c(C(F)F)nc2ccc(-c3cc(N)nc(N)c3)nc21. The number of fused-ring (bicyclic) bond motifs is 1. The van der Waals surface area contributed by atoms with E-state index >= 15 is 0 Å². The van der Waals surface area contributed by atoms with Gasteiger partial charge in [0, 0.05) is 12.6 Å². The van der Waals surface area contributed by atoms with Gasteiger partial charge in [-0.15, -0.1) is 0 Å². The number of alkyl halides is 2. The number of hydrogen-bond acceptors (Lipinski definition) is 5. The standard InChI is InChI=1S/C13H12F2N6/c1-21-12-8(19-13(21)11(14)15)3-2-7(18-12)6-4-9(16)20-10(17)5-6/h2-5,11H,1H3,(H4,16,17,20). The highest BCUT2D eigenvalue weighted by Gasteiger charge is 2.18. The summed E-state index contributed by atoms with van der Waals surface area (Å²) in [7, 11) is 1.50. The van der Waals surface area contributed by atoms with Crippen LogP contribution >= 0.6 is 0 Å².